The molecule has 0 unspecified atom stereocenters. The van der Waals surface area contributed by atoms with Crippen LogP contribution >= 0.6 is 11.6 Å². The van der Waals surface area contributed by atoms with Crippen molar-refractivity contribution in [3.63, 3.8) is 0 Å². The molecule has 0 saturated heterocycles. The summed E-state index contributed by atoms with van der Waals surface area (Å²) in [7, 11) is 7.90. The number of hydrogen-bond acceptors (Lipinski definition) is 23. The fourth-order valence-electron chi connectivity index (χ4n) is 14.3. The van der Waals surface area contributed by atoms with Crippen LogP contribution in [-0.2, 0) is 81.8 Å². The molecule has 6 aliphatic rings. The van der Waals surface area contributed by atoms with Gasteiger partial charge < -0.3 is 57.9 Å². The summed E-state index contributed by atoms with van der Waals surface area (Å²) >= 11 is 5.66. The minimum Gasteiger partial charge on any atom is -0.739 e. The lowest BCUT2D eigenvalue weighted by Crippen LogP contribution is -2.45. The van der Waals surface area contributed by atoms with E-state index in [0.717, 1.165) is 156 Å². The first-order valence-corrected chi connectivity index (χ1v) is 36.6. The number of benzene rings is 6. The quantitative estimate of drug-likeness (QED) is 0.0266. The summed E-state index contributed by atoms with van der Waals surface area (Å²) in [6.45, 7) is 4.23. The maximum Gasteiger partial charge on any atom is 0.461 e. The molecule has 4 aromatic heterocycles. The second-order valence-corrected chi connectivity index (χ2v) is 28.4. The number of nitrogens with zero attached hydrogens (tertiary/aromatic N) is 16. The number of aromatic nitrogens is 12. The third kappa shape index (κ3) is 19.1. The van der Waals surface area contributed by atoms with Crippen molar-refractivity contribution >= 4 is 102 Å². The van der Waals surface area contributed by atoms with Gasteiger partial charge in [-0.15, -0.1) is 0 Å². The number of nitro benzene ring substituents is 2. The average Bonchev–Trinajstić information content (AvgIpc) is 0.751. The van der Waals surface area contributed by atoms with Crippen molar-refractivity contribution in [2.45, 2.75) is 161 Å². The summed E-state index contributed by atoms with van der Waals surface area (Å²) in [5.74, 6) is 0.192. The molecule has 7 N–H and O–H groups in total. The van der Waals surface area contributed by atoms with Crippen molar-refractivity contribution in [3.8, 4) is 0 Å². The van der Waals surface area contributed by atoms with Crippen LogP contribution in [0.1, 0.15) is 151 Å². The molecular formula is C74H90ClN21O10. The Balaban J connectivity index is 0.000000128. The number of anilines is 5. The topological polar surface area (TPSA) is 423 Å². The van der Waals surface area contributed by atoms with Crippen molar-refractivity contribution in [1.82, 2.24) is 45.1 Å². The molecule has 10 aromatic rings. The number of hydrogen-bond donors (Lipinski definition) is 5. The molecule has 1 amide bonds. The highest BCUT2D eigenvalue weighted by Crippen LogP contribution is 2.35. The van der Waals surface area contributed by atoms with E-state index >= 15 is 0 Å². The molecule has 0 bridgehead atoms. The average molecular weight is 1470 g/mol. The molecule has 32 heteroatoms. The predicted octanol–water partition coefficient (Wildman–Crippen LogP) is 8.48. The van der Waals surface area contributed by atoms with Gasteiger partial charge in [-0.05, 0) is 312 Å². The number of halogens is 1. The van der Waals surface area contributed by atoms with Crippen LogP contribution in [0.5, 0.6) is 0 Å². The minimum atomic E-state index is -0.444. The SMILES string of the molecule is CC(=O)Nc1cc2c(cc1[N+](=O)[O-])CCCC2.CN(C)CCNc1n[n+]([O-])c2cc3c(cc2[n+]1[O-])CCCC3.CN(C)CCNc1nc2cc3c(cc2[n+]([O-])n1)CCCC3.Nc1cc2c(cc1[N+](=O)[O-])CCCC2.Nc1nc2cc3c(cc2[n+]([O-])n1)CCCC3.[O-][n+]1nc(Cl)nc2cc3c(cc21)CCCC3. The van der Waals surface area contributed by atoms with Gasteiger partial charge in [-0.3, -0.25) is 30.3 Å². The van der Waals surface area contributed by atoms with E-state index in [1.165, 1.54) is 95.5 Å². The fraction of sp³-hybridized carbons (Fsp3) is 0.446. The Labute approximate surface area is 617 Å². The largest absolute Gasteiger partial charge is 0.739 e. The predicted molar refractivity (Wildman–Crippen MR) is 403 cm³/mol. The van der Waals surface area contributed by atoms with Gasteiger partial charge in [-0.1, -0.05) is 0 Å². The molecular weight excluding hydrogens is 1380 g/mol. The first kappa shape index (κ1) is 76.2. The molecule has 4 heterocycles. The van der Waals surface area contributed by atoms with E-state index < -0.39 is 9.85 Å². The number of rotatable bonds is 11. The number of nitro groups is 2. The van der Waals surface area contributed by atoms with Crippen molar-refractivity contribution < 1.29 is 38.8 Å². The van der Waals surface area contributed by atoms with Gasteiger partial charge in [0.15, 0.2) is 5.52 Å². The van der Waals surface area contributed by atoms with E-state index in [1.54, 1.807) is 24.3 Å². The first-order chi connectivity index (χ1) is 50.9. The minimum absolute atomic E-state index is 0.00161. The molecule has 0 saturated carbocycles. The maximum atomic E-state index is 12.5. The third-order valence-electron chi connectivity index (χ3n) is 19.7. The van der Waals surface area contributed by atoms with E-state index in [-0.39, 0.29) is 40.1 Å². The molecule has 6 aliphatic carbocycles. The van der Waals surface area contributed by atoms with Crippen LogP contribution in [0.25, 0.3) is 44.1 Å². The lowest BCUT2D eigenvalue weighted by Gasteiger charge is -2.17. The van der Waals surface area contributed by atoms with Gasteiger partial charge >= 0.3 is 5.95 Å². The van der Waals surface area contributed by atoms with E-state index in [9.17, 15) is 51.1 Å². The Bertz CT molecular complexity index is 4830. The van der Waals surface area contributed by atoms with Gasteiger partial charge in [-0.2, -0.15) is 0 Å². The molecule has 106 heavy (non-hydrogen) atoms. The summed E-state index contributed by atoms with van der Waals surface area (Å²) in [5, 5.41) is 105. The van der Waals surface area contributed by atoms with Crippen molar-refractivity contribution in [1.29, 1.82) is 0 Å². The van der Waals surface area contributed by atoms with Crippen LogP contribution in [0.4, 0.5) is 40.6 Å². The van der Waals surface area contributed by atoms with Gasteiger partial charge in [0.1, 0.15) is 27.9 Å². The highest BCUT2D eigenvalue weighted by Gasteiger charge is 2.26. The lowest BCUT2D eigenvalue weighted by molar-refractivity contribution is -0.672. The smallest absolute Gasteiger partial charge is 0.461 e. The molecule has 16 rings (SSSR count). The molecule has 0 radical (unpaired) electrons. The second kappa shape index (κ2) is 34.8. The Kier molecular flexibility index (Phi) is 25.0. The number of aryl methyl sites for hydroxylation is 12. The third-order valence-corrected chi connectivity index (χ3v) is 19.9. The molecule has 0 fully saturated rings. The maximum absolute atomic E-state index is 12.5. The number of carbonyl (C=O) groups is 1. The van der Waals surface area contributed by atoms with Gasteiger partial charge in [-0.25, -0.2) is 19.7 Å². The molecule has 558 valence electrons. The van der Waals surface area contributed by atoms with Crippen LogP contribution < -0.4 is 51.5 Å². The number of fused-ring (bicyclic) bond motifs is 10. The number of amides is 1. The first-order valence-electron chi connectivity index (χ1n) is 36.2. The Hall–Kier alpha value is -10.9. The van der Waals surface area contributed by atoms with Crippen molar-refractivity contribution in [3.05, 3.63) is 191 Å². The summed E-state index contributed by atoms with van der Waals surface area (Å²) in [5.41, 5.74) is 30.4. The second-order valence-electron chi connectivity index (χ2n) is 28.1. The number of nitrogens with one attached hydrogen (secondary N) is 3. The van der Waals surface area contributed by atoms with Crippen LogP contribution in [0.2, 0.25) is 5.28 Å². The number of likely N-dealkylation sites (N-methyl/N-ethyl adjacent to an activating group) is 2. The normalized spacial score (nSPS) is 14.6. The standard InChI is InChI=1S/C15H21N5O2.C15H21N5O.C12H14N2O3.C11H10ClN3O.C11H12N4O.C10H12N2O2/c1-18(2)8-7-16-15-17-20(22)14-10-12-6-4-3-5-11(12)9-13(14)19(15)21;1-19(2)8-7-16-15-17-13-9-11-5-3-4-6-12(11)10-14(13)20(21)18-15;1-8(15)13-11-6-9-4-2-3-5-10(9)7-12(11)14(16)17;2*12-11-13-9-5-7-3-1-2-4-8(7)6-10(9)15(16)14-11;11-9-5-7-3-1-2-4-8(7)6-10(9)12(13)14/h9-10H,3-8H2,1-2H3,(H,16,17);9-10H,3-8H2,1-2H3,(H,16,17,18);6-7H,2-5H2,1H3,(H,13,15);5-6H,1-4H2;5-6H,1-4H2,(H2,12,13,14);5-6H,1-4,11H2. The Morgan fingerprint density at radius 2 is 0.792 bits per heavy atom. The molecule has 6 aromatic carbocycles. The zero-order chi connectivity index (χ0) is 75.3. The van der Waals surface area contributed by atoms with E-state index in [4.69, 9.17) is 23.1 Å². The van der Waals surface area contributed by atoms with Crippen LogP contribution in [0.15, 0.2) is 72.8 Å². The van der Waals surface area contributed by atoms with Gasteiger partial charge in [0.2, 0.25) is 11.0 Å². The fourth-order valence-corrected chi connectivity index (χ4v) is 14.5. The summed E-state index contributed by atoms with van der Waals surface area (Å²) in [4.78, 5) is 50.8. The van der Waals surface area contributed by atoms with Crippen molar-refractivity contribution in [2.24, 2.45) is 0 Å². The van der Waals surface area contributed by atoms with Crippen LogP contribution in [0.3, 0.4) is 0 Å². The number of nitrogens with two attached hydrogens (primary N) is 2. The molecule has 0 atom stereocenters. The Morgan fingerprint density at radius 3 is 1.24 bits per heavy atom. The summed E-state index contributed by atoms with van der Waals surface area (Å²) < 4.78 is 0.730. The van der Waals surface area contributed by atoms with Crippen LogP contribution in [-0.4, -0.2) is 115 Å². The summed E-state index contributed by atoms with van der Waals surface area (Å²) in [6, 6.07) is 22.1. The van der Waals surface area contributed by atoms with Gasteiger partial charge in [0.25, 0.3) is 50.6 Å². The lowest BCUT2D eigenvalue weighted by atomic mass is 9.91. The van der Waals surface area contributed by atoms with E-state index in [1.807, 2.05) is 75.6 Å². The summed E-state index contributed by atoms with van der Waals surface area (Å²) in [6.07, 6.45) is 25.9. The van der Waals surface area contributed by atoms with E-state index in [2.05, 4.69) is 62.3 Å². The van der Waals surface area contributed by atoms with Gasteiger partial charge in [0, 0.05) is 72.9 Å². The number of carbonyl (C=O) groups excluding carboxylic acids is 1. The zero-order valence-corrected chi connectivity index (χ0v) is 61.3. The van der Waals surface area contributed by atoms with E-state index in [0.29, 0.717) is 82.7 Å². The Morgan fingerprint density at radius 1 is 0.443 bits per heavy atom. The molecule has 0 spiro atoms. The molecule has 0 aliphatic heterocycles. The van der Waals surface area contributed by atoms with Crippen molar-refractivity contribution in [2.75, 3.05) is 81.8 Å². The highest BCUT2D eigenvalue weighted by atomic mass is 35.5. The van der Waals surface area contributed by atoms with Gasteiger partial charge in [0.05, 0.1) is 26.6 Å². The monoisotopic (exact) mass is 1470 g/mol. The highest BCUT2D eigenvalue weighted by molar-refractivity contribution is 6.28. The molecule has 31 nitrogen and oxygen atoms in total. The zero-order valence-electron chi connectivity index (χ0n) is 60.5. The van der Waals surface area contributed by atoms with Crippen LogP contribution in [0, 0.1) is 46.3 Å². The number of nitrogen functional groups attached to an aromatic ring is 2.